The minimum absolute atomic E-state index is 0.0884. The second kappa shape index (κ2) is 6.96. The van der Waals surface area contributed by atoms with Gasteiger partial charge < -0.3 is 20.0 Å². The molecule has 1 aromatic heterocycles. The van der Waals surface area contributed by atoms with E-state index in [9.17, 15) is 5.11 Å². The molecule has 3 aromatic rings. The standard InChI is InChI=1S/C20H22N2O3/c21-15-9-10-19(17(23)11-15)24-12-13-5-7-14(8-6-13)20-22-16-3-1-2-4-18(16)25-20/h1-8,15,17,19,23H,9-12,21H2/t15-,17+,19-/m1/s1. The van der Waals surface area contributed by atoms with Crippen molar-refractivity contribution < 1.29 is 14.3 Å². The Labute approximate surface area is 146 Å². The van der Waals surface area contributed by atoms with Crippen LogP contribution in [0.1, 0.15) is 24.8 Å². The Morgan fingerprint density at radius 1 is 1.12 bits per heavy atom. The Hall–Kier alpha value is -2.21. The Kier molecular flexibility index (Phi) is 4.53. The van der Waals surface area contributed by atoms with Gasteiger partial charge in [-0.1, -0.05) is 24.3 Å². The van der Waals surface area contributed by atoms with Crippen molar-refractivity contribution >= 4 is 11.1 Å². The molecule has 0 saturated heterocycles. The van der Waals surface area contributed by atoms with E-state index in [1.165, 1.54) is 0 Å². The number of para-hydroxylation sites is 2. The highest BCUT2D eigenvalue weighted by atomic mass is 16.5. The quantitative estimate of drug-likeness (QED) is 0.763. The third kappa shape index (κ3) is 3.58. The van der Waals surface area contributed by atoms with E-state index >= 15 is 0 Å². The van der Waals surface area contributed by atoms with E-state index in [1.54, 1.807) is 0 Å². The maximum Gasteiger partial charge on any atom is 0.227 e. The first-order valence-corrected chi connectivity index (χ1v) is 8.69. The van der Waals surface area contributed by atoms with Crippen LogP contribution in [0.4, 0.5) is 0 Å². The molecule has 130 valence electrons. The van der Waals surface area contributed by atoms with Crippen molar-refractivity contribution in [1.82, 2.24) is 4.98 Å². The van der Waals surface area contributed by atoms with E-state index in [1.807, 2.05) is 48.5 Å². The molecule has 5 heteroatoms. The van der Waals surface area contributed by atoms with Gasteiger partial charge in [0.15, 0.2) is 5.58 Å². The molecule has 0 amide bonds. The second-order valence-corrected chi connectivity index (χ2v) is 6.67. The first kappa shape index (κ1) is 16.3. The van der Waals surface area contributed by atoms with Crippen LogP contribution in [0.2, 0.25) is 0 Å². The predicted molar refractivity (Wildman–Crippen MR) is 95.9 cm³/mol. The lowest BCUT2D eigenvalue weighted by atomic mass is 9.91. The van der Waals surface area contributed by atoms with Gasteiger partial charge in [-0.2, -0.15) is 0 Å². The van der Waals surface area contributed by atoms with E-state index in [2.05, 4.69) is 4.98 Å². The molecule has 1 aliphatic carbocycles. The highest BCUT2D eigenvalue weighted by Gasteiger charge is 2.27. The van der Waals surface area contributed by atoms with Gasteiger partial charge in [0.25, 0.3) is 0 Å². The molecule has 1 fully saturated rings. The molecule has 3 N–H and O–H groups in total. The number of ether oxygens (including phenoxy) is 1. The minimum atomic E-state index is -0.470. The summed E-state index contributed by atoms with van der Waals surface area (Å²) >= 11 is 0. The molecule has 0 spiro atoms. The zero-order valence-corrected chi connectivity index (χ0v) is 14.0. The maximum absolute atomic E-state index is 10.1. The molecule has 0 aliphatic heterocycles. The van der Waals surface area contributed by atoms with Crippen LogP contribution in [-0.2, 0) is 11.3 Å². The van der Waals surface area contributed by atoms with Gasteiger partial charge in [0, 0.05) is 11.6 Å². The molecule has 0 radical (unpaired) electrons. The molecule has 1 aliphatic rings. The number of aliphatic hydroxyl groups is 1. The summed E-state index contributed by atoms with van der Waals surface area (Å²) in [6.07, 6.45) is 1.72. The summed E-state index contributed by atoms with van der Waals surface area (Å²) in [5.41, 5.74) is 9.50. The maximum atomic E-state index is 10.1. The number of rotatable bonds is 4. The number of benzene rings is 2. The molecule has 1 heterocycles. The number of oxazole rings is 1. The van der Waals surface area contributed by atoms with Crippen molar-refractivity contribution in [2.24, 2.45) is 5.73 Å². The van der Waals surface area contributed by atoms with E-state index in [-0.39, 0.29) is 12.1 Å². The van der Waals surface area contributed by atoms with E-state index in [0.29, 0.717) is 18.9 Å². The van der Waals surface area contributed by atoms with E-state index < -0.39 is 6.10 Å². The summed E-state index contributed by atoms with van der Waals surface area (Å²) < 4.78 is 11.7. The monoisotopic (exact) mass is 338 g/mol. The van der Waals surface area contributed by atoms with Crippen LogP contribution in [0, 0.1) is 0 Å². The van der Waals surface area contributed by atoms with Crippen LogP contribution < -0.4 is 5.73 Å². The summed E-state index contributed by atoms with van der Waals surface area (Å²) in [5, 5.41) is 10.1. The molecule has 3 atom stereocenters. The molecule has 0 unspecified atom stereocenters. The lowest BCUT2D eigenvalue weighted by Crippen LogP contribution is -2.41. The van der Waals surface area contributed by atoms with E-state index in [0.717, 1.165) is 35.1 Å². The number of aliphatic hydroxyl groups excluding tert-OH is 1. The van der Waals surface area contributed by atoms with Crippen LogP contribution in [0.15, 0.2) is 52.9 Å². The van der Waals surface area contributed by atoms with Crippen molar-refractivity contribution in [1.29, 1.82) is 0 Å². The SMILES string of the molecule is N[C@@H]1CC[C@@H](OCc2ccc(-c3nc4ccccc4o3)cc2)[C@@H](O)C1. The normalized spacial score (nSPS) is 23.8. The Morgan fingerprint density at radius 3 is 2.68 bits per heavy atom. The third-order valence-corrected chi connectivity index (χ3v) is 4.75. The van der Waals surface area contributed by atoms with Gasteiger partial charge in [-0.15, -0.1) is 0 Å². The fourth-order valence-electron chi connectivity index (χ4n) is 3.29. The summed E-state index contributed by atoms with van der Waals surface area (Å²) in [7, 11) is 0. The number of hydrogen-bond acceptors (Lipinski definition) is 5. The highest BCUT2D eigenvalue weighted by Crippen LogP contribution is 2.25. The van der Waals surface area contributed by atoms with Crippen LogP contribution in [-0.4, -0.2) is 28.3 Å². The molecule has 25 heavy (non-hydrogen) atoms. The first-order chi connectivity index (χ1) is 12.2. The van der Waals surface area contributed by atoms with Gasteiger partial charge in [-0.05, 0) is 49.1 Å². The summed E-state index contributed by atoms with van der Waals surface area (Å²) in [4.78, 5) is 4.51. The van der Waals surface area contributed by atoms with Crippen LogP contribution >= 0.6 is 0 Å². The van der Waals surface area contributed by atoms with Crippen LogP contribution in [0.3, 0.4) is 0 Å². The summed E-state index contributed by atoms with van der Waals surface area (Å²) in [6.45, 7) is 0.477. The minimum Gasteiger partial charge on any atom is -0.436 e. The topological polar surface area (TPSA) is 81.5 Å². The zero-order valence-electron chi connectivity index (χ0n) is 14.0. The van der Waals surface area contributed by atoms with Crippen LogP contribution in [0.5, 0.6) is 0 Å². The largest absolute Gasteiger partial charge is 0.436 e. The van der Waals surface area contributed by atoms with Gasteiger partial charge in [0.2, 0.25) is 5.89 Å². The van der Waals surface area contributed by atoms with E-state index in [4.69, 9.17) is 14.9 Å². The van der Waals surface area contributed by atoms with Gasteiger partial charge in [0.1, 0.15) is 5.52 Å². The van der Waals surface area contributed by atoms with Crippen molar-refractivity contribution in [2.45, 2.75) is 44.1 Å². The molecular formula is C20H22N2O3. The van der Waals surface area contributed by atoms with Gasteiger partial charge in [0.05, 0.1) is 18.8 Å². The highest BCUT2D eigenvalue weighted by molar-refractivity contribution is 5.75. The van der Waals surface area contributed by atoms with Crippen LogP contribution in [0.25, 0.3) is 22.6 Å². The van der Waals surface area contributed by atoms with Gasteiger partial charge in [-0.3, -0.25) is 0 Å². The lowest BCUT2D eigenvalue weighted by Gasteiger charge is -2.31. The lowest BCUT2D eigenvalue weighted by molar-refractivity contribution is -0.0696. The fraction of sp³-hybridized carbons (Fsp3) is 0.350. The van der Waals surface area contributed by atoms with Crippen molar-refractivity contribution in [2.75, 3.05) is 0 Å². The number of aromatic nitrogens is 1. The van der Waals surface area contributed by atoms with Crippen molar-refractivity contribution in [3.63, 3.8) is 0 Å². The number of nitrogens with zero attached hydrogens (tertiary/aromatic N) is 1. The predicted octanol–water partition coefficient (Wildman–Crippen LogP) is 3.25. The smallest absolute Gasteiger partial charge is 0.227 e. The van der Waals surface area contributed by atoms with Crippen molar-refractivity contribution in [3.8, 4) is 11.5 Å². The zero-order chi connectivity index (χ0) is 17.2. The summed E-state index contributed by atoms with van der Waals surface area (Å²) in [5.74, 6) is 0.616. The number of fused-ring (bicyclic) bond motifs is 1. The third-order valence-electron chi connectivity index (χ3n) is 4.75. The number of hydrogen-bond donors (Lipinski definition) is 2. The fourth-order valence-corrected chi connectivity index (χ4v) is 3.29. The first-order valence-electron chi connectivity index (χ1n) is 8.69. The molecule has 5 nitrogen and oxygen atoms in total. The average Bonchev–Trinajstić information content (AvgIpc) is 3.05. The molecule has 0 bridgehead atoms. The Bertz CT molecular complexity index is 811. The van der Waals surface area contributed by atoms with Gasteiger partial charge in [-0.25, -0.2) is 4.98 Å². The summed E-state index contributed by atoms with van der Waals surface area (Å²) in [6, 6.07) is 15.8. The molecule has 1 saturated carbocycles. The Morgan fingerprint density at radius 2 is 1.92 bits per heavy atom. The molecule has 2 aromatic carbocycles. The van der Waals surface area contributed by atoms with Gasteiger partial charge >= 0.3 is 0 Å². The molecule has 4 rings (SSSR count). The molecular weight excluding hydrogens is 316 g/mol. The number of nitrogens with two attached hydrogens (primary N) is 1. The Balaban J connectivity index is 1.41. The second-order valence-electron chi connectivity index (χ2n) is 6.67. The average molecular weight is 338 g/mol. The van der Waals surface area contributed by atoms with Crippen molar-refractivity contribution in [3.05, 3.63) is 54.1 Å².